The lowest BCUT2D eigenvalue weighted by molar-refractivity contribution is -0.123. The molecule has 2 aliphatic heterocycles. The zero-order valence-electron chi connectivity index (χ0n) is 10.3. The summed E-state index contributed by atoms with van der Waals surface area (Å²) in [6.07, 6.45) is 4.28. The van der Waals surface area contributed by atoms with Gasteiger partial charge in [-0.05, 0) is 46.2 Å². The molecule has 4 heteroatoms. The first-order chi connectivity index (χ1) is 7.66. The van der Waals surface area contributed by atoms with Crippen LogP contribution in [-0.2, 0) is 4.79 Å². The van der Waals surface area contributed by atoms with Crippen molar-refractivity contribution in [2.24, 2.45) is 0 Å². The van der Waals surface area contributed by atoms with Crippen molar-refractivity contribution in [3.8, 4) is 0 Å². The molecule has 0 aromatic carbocycles. The van der Waals surface area contributed by atoms with Crippen LogP contribution >= 0.6 is 0 Å². The molecule has 16 heavy (non-hydrogen) atoms. The summed E-state index contributed by atoms with van der Waals surface area (Å²) in [4.78, 5) is 14.3. The maximum Gasteiger partial charge on any atom is 0.237 e. The number of carbonyl (C=O) groups excluding carboxylic acids is 1. The third-order valence-electron chi connectivity index (χ3n) is 3.93. The number of nitrogens with zero attached hydrogens (tertiary/aromatic N) is 1. The van der Waals surface area contributed by atoms with Gasteiger partial charge < -0.3 is 15.5 Å². The minimum absolute atomic E-state index is 0.0648. The number of piperidine rings is 1. The first-order valence-corrected chi connectivity index (χ1v) is 6.41. The SMILES string of the molecule is CC1CC(NC(=O)[C@H]2CCCN2)CCN1C. The van der Waals surface area contributed by atoms with Crippen molar-refractivity contribution in [2.75, 3.05) is 20.1 Å². The Hall–Kier alpha value is -0.610. The molecule has 2 unspecified atom stereocenters. The number of hydrogen-bond donors (Lipinski definition) is 2. The second-order valence-corrected chi connectivity index (χ2v) is 5.21. The number of hydrogen-bond acceptors (Lipinski definition) is 3. The van der Waals surface area contributed by atoms with E-state index in [1.807, 2.05) is 0 Å². The van der Waals surface area contributed by atoms with Gasteiger partial charge in [-0.1, -0.05) is 0 Å². The zero-order chi connectivity index (χ0) is 11.5. The highest BCUT2D eigenvalue weighted by molar-refractivity contribution is 5.82. The maximum atomic E-state index is 11.9. The van der Waals surface area contributed by atoms with Gasteiger partial charge in [0, 0.05) is 18.6 Å². The number of amides is 1. The summed E-state index contributed by atoms with van der Waals surface area (Å²) in [6, 6.07) is 1.02. The molecule has 2 rings (SSSR count). The third kappa shape index (κ3) is 2.74. The molecule has 0 aromatic heterocycles. The highest BCUT2D eigenvalue weighted by Crippen LogP contribution is 2.16. The summed E-state index contributed by atoms with van der Waals surface area (Å²) in [5, 5.41) is 6.43. The van der Waals surface area contributed by atoms with E-state index < -0.39 is 0 Å². The first kappa shape index (κ1) is 11.9. The van der Waals surface area contributed by atoms with Gasteiger partial charge in [-0.25, -0.2) is 0 Å². The monoisotopic (exact) mass is 225 g/mol. The molecule has 2 saturated heterocycles. The predicted molar refractivity (Wildman–Crippen MR) is 64.3 cm³/mol. The van der Waals surface area contributed by atoms with Gasteiger partial charge in [0.2, 0.25) is 5.91 Å². The normalized spacial score (nSPS) is 36.2. The molecule has 2 heterocycles. The van der Waals surface area contributed by atoms with Gasteiger partial charge in [-0.15, -0.1) is 0 Å². The molecular weight excluding hydrogens is 202 g/mol. The van der Waals surface area contributed by atoms with Gasteiger partial charge in [0.25, 0.3) is 0 Å². The number of carbonyl (C=O) groups is 1. The minimum Gasteiger partial charge on any atom is -0.352 e. The second-order valence-electron chi connectivity index (χ2n) is 5.21. The molecule has 4 nitrogen and oxygen atoms in total. The lowest BCUT2D eigenvalue weighted by Gasteiger charge is -2.35. The van der Waals surface area contributed by atoms with Crippen LogP contribution in [0.4, 0.5) is 0 Å². The molecule has 0 aromatic rings. The van der Waals surface area contributed by atoms with E-state index in [2.05, 4.69) is 29.5 Å². The van der Waals surface area contributed by atoms with Crippen LogP contribution in [0.25, 0.3) is 0 Å². The van der Waals surface area contributed by atoms with E-state index in [1.165, 1.54) is 0 Å². The summed E-state index contributed by atoms with van der Waals surface area (Å²) in [5.41, 5.74) is 0. The van der Waals surface area contributed by atoms with E-state index in [0.29, 0.717) is 12.1 Å². The number of nitrogens with one attached hydrogen (secondary N) is 2. The van der Waals surface area contributed by atoms with Crippen LogP contribution in [0.2, 0.25) is 0 Å². The summed E-state index contributed by atoms with van der Waals surface area (Å²) in [7, 11) is 2.15. The minimum atomic E-state index is 0.0648. The molecule has 3 atom stereocenters. The van der Waals surface area contributed by atoms with Crippen LogP contribution in [0.15, 0.2) is 0 Å². The van der Waals surface area contributed by atoms with Crippen LogP contribution in [0.1, 0.15) is 32.6 Å². The van der Waals surface area contributed by atoms with E-state index >= 15 is 0 Å². The maximum absolute atomic E-state index is 11.9. The van der Waals surface area contributed by atoms with Gasteiger partial charge in [-0.3, -0.25) is 4.79 Å². The average Bonchev–Trinajstić information content (AvgIpc) is 2.77. The molecule has 0 saturated carbocycles. The smallest absolute Gasteiger partial charge is 0.237 e. The van der Waals surface area contributed by atoms with E-state index in [0.717, 1.165) is 38.8 Å². The van der Waals surface area contributed by atoms with Crippen LogP contribution < -0.4 is 10.6 Å². The Balaban J connectivity index is 1.78. The average molecular weight is 225 g/mol. The van der Waals surface area contributed by atoms with Gasteiger partial charge in [0.15, 0.2) is 0 Å². The topological polar surface area (TPSA) is 44.4 Å². The molecular formula is C12H23N3O. The summed E-state index contributed by atoms with van der Waals surface area (Å²) >= 11 is 0. The molecule has 0 aliphatic carbocycles. The molecule has 0 radical (unpaired) electrons. The standard InChI is InChI=1S/C12H23N3O/c1-9-8-10(5-7-15(9)2)14-12(16)11-4-3-6-13-11/h9-11,13H,3-8H2,1-2H3,(H,14,16)/t9?,10?,11-/m1/s1. The lowest BCUT2D eigenvalue weighted by atomic mass is 9.98. The summed E-state index contributed by atoms with van der Waals surface area (Å²) in [5.74, 6) is 0.208. The van der Waals surface area contributed by atoms with Crippen LogP contribution in [0.5, 0.6) is 0 Å². The molecule has 1 amide bonds. The second kappa shape index (κ2) is 5.15. The Morgan fingerprint density at radius 2 is 2.25 bits per heavy atom. The molecule has 92 valence electrons. The largest absolute Gasteiger partial charge is 0.352 e. The molecule has 2 fully saturated rings. The van der Waals surface area contributed by atoms with Gasteiger partial charge >= 0.3 is 0 Å². The molecule has 2 N–H and O–H groups in total. The molecule has 0 spiro atoms. The fourth-order valence-corrected chi connectivity index (χ4v) is 2.63. The summed E-state index contributed by atoms with van der Waals surface area (Å²) < 4.78 is 0. The van der Waals surface area contributed by atoms with Crippen molar-refractivity contribution in [1.82, 2.24) is 15.5 Å². The van der Waals surface area contributed by atoms with E-state index in [4.69, 9.17) is 0 Å². The zero-order valence-corrected chi connectivity index (χ0v) is 10.3. The van der Waals surface area contributed by atoms with Crippen LogP contribution in [-0.4, -0.2) is 49.1 Å². The Labute approximate surface area is 97.8 Å². The lowest BCUT2D eigenvalue weighted by Crippen LogP contribution is -2.51. The predicted octanol–water partition coefficient (Wildman–Crippen LogP) is 0.337. The van der Waals surface area contributed by atoms with Crippen LogP contribution in [0, 0.1) is 0 Å². The first-order valence-electron chi connectivity index (χ1n) is 6.41. The quantitative estimate of drug-likeness (QED) is 0.712. The van der Waals surface area contributed by atoms with Crippen molar-refractivity contribution < 1.29 is 4.79 Å². The van der Waals surface area contributed by atoms with E-state index in [1.54, 1.807) is 0 Å². The van der Waals surface area contributed by atoms with Gasteiger partial charge in [0.05, 0.1) is 6.04 Å². The molecule has 0 bridgehead atoms. The third-order valence-corrected chi connectivity index (χ3v) is 3.93. The van der Waals surface area contributed by atoms with Crippen molar-refractivity contribution >= 4 is 5.91 Å². The highest BCUT2D eigenvalue weighted by atomic mass is 16.2. The highest BCUT2D eigenvalue weighted by Gasteiger charge is 2.27. The number of rotatable bonds is 2. The summed E-state index contributed by atoms with van der Waals surface area (Å²) in [6.45, 7) is 4.30. The van der Waals surface area contributed by atoms with Gasteiger partial charge in [-0.2, -0.15) is 0 Å². The fourth-order valence-electron chi connectivity index (χ4n) is 2.63. The van der Waals surface area contributed by atoms with E-state index in [9.17, 15) is 4.79 Å². The van der Waals surface area contributed by atoms with Crippen molar-refractivity contribution in [1.29, 1.82) is 0 Å². The van der Waals surface area contributed by atoms with E-state index in [-0.39, 0.29) is 11.9 Å². The van der Waals surface area contributed by atoms with Crippen LogP contribution in [0.3, 0.4) is 0 Å². The fraction of sp³-hybridized carbons (Fsp3) is 0.917. The van der Waals surface area contributed by atoms with Crippen molar-refractivity contribution in [3.05, 3.63) is 0 Å². The van der Waals surface area contributed by atoms with Crippen molar-refractivity contribution in [2.45, 2.75) is 50.7 Å². The Bertz CT molecular complexity index is 251. The Kier molecular flexibility index (Phi) is 3.82. The van der Waals surface area contributed by atoms with Crippen molar-refractivity contribution in [3.63, 3.8) is 0 Å². The molecule has 2 aliphatic rings. The Morgan fingerprint density at radius 3 is 2.88 bits per heavy atom. The number of likely N-dealkylation sites (tertiary alicyclic amines) is 1. The van der Waals surface area contributed by atoms with Gasteiger partial charge in [0.1, 0.15) is 0 Å². The Morgan fingerprint density at radius 1 is 1.44 bits per heavy atom.